The van der Waals surface area contributed by atoms with Crippen molar-refractivity contribution in [2.24, 2.45) is 12.8 Å². The lowest BCUT2D eigenvalue weighted by atomic mass is 10.1. The highest BCUT2D eigenvalue weighted by atomic mass is 16.5. The first-order valence-electron chi connectivity index (χ1n) is 5.99. The number of Topliss-reactive ketones (excluding diaryl/α,β-unsaturated/α-hetero) is 1. The summed E-state index contributed by atoms with van der Waals surface area (Å²) in [6, 6.07) is 0. The summed E-state index contributed by atoms with van der Waals surface area (Å²) >= 11 is 0. The van der Waals surface area contributed by atoms with E-state index in [-0.39, 0.29) is 11.6 Å². The molecule has 0 aromatic carbocycles. The Hall–Kier alpha value is -1.69. The molecular formula is C12H19N3O3. The fraction of sp³-hybridized carbons (Fsp3) is 0.583. The Morgan fingerprint density at radius 3 is 2.78 bits per heavy atom. The highest BCUT2D eigenvalue weighted by Crippen LogP contribution is 2.06. The van der Waals surface area contributed by atoms with Crippen molar-refractivity contribution in [1.29, 1.82) is 0 Å². The number of aryl methyl sites for hydroxylation is 2. The summed E-state index contributed by atoms with van der Waals surface area (Å²) in [5.41, 5.74) is 6.01. The minimum Gasteiger partial charge on any atom is -0.460 e. The van der Waals surface area contributed by atoms with E-state index in [2.05, 4.69) is 4.98 Å². The maximum atomic E-state index is 11.5. The summed E-state index contributed by atoms with van der Waals surface area (Å²) in [6.07, 6.45) is 3.04. The third kappa shape index (κ3) is 3.96. The van der Waals surface area contributed by atoms with Crippen molar-refractivity contribution < 1.29 is 14.3 Å². The molecule has 0 radical (unpaired) electrons. The molecule has 2 N–H and O–H groups in total. The topological polar surface area (TPSA) is 87.2 Å². The number of ketones is 1. The largest absolute Gasteiger partial charge is 0.460 e. The fourth-order valence-corrected chi connectivity index (χ4v) is 1.59. The number of carbonyl (C=O) groups is 2. The number of ether oxygens (including phenoxy) is 1. The quantitative estimate of drug-likeness (QED) is 0.713. The van der Waals surface area contributed by atoms with Gasteiger partial charge in [0.05, 0.1) is 12.3 Å². The van der Waals surface area contributed by atoms with Gasteiger partial charge in [-0.2, -0.15) is 0 Å². The van der Waals surface area contributed by atoms with Crippen LogP contribution in [-0.2, 0) is 23.0 Å². The first-order valence-corrected chi connectivity index (χ1v) is 5.99. The van der Waals surface area contributed by atoms with Gasteiger partial charge in [-0.25, -0.2) is 9.78 Å². The Balaban J connectivity index is 2.61. The third-order valence-corrected chi connectivity index (χ3v) is 2.47. The molecule has 0 amide bonds. The molecule has 6 nitrogen and oxygen atoms in total. The van der Waals surface area contributed by atoms with Crippen molar-refractivity contribution in [1.82, 2.24) is 9.55 Å². The first kappa shape index (κ1) is 14.4. The van der Waals surface area contributed by atoms with Crippen LogP contribution < -0.4 is 5.73 Å². The van der Waals surface area contributed by atoms with Gasteiger partial charge in [-0.05, 0) is 19.9 Å². The first-order chi connectivity index (χ1) is 8.58. The van der Waals surface area contributed by atoms with Crippen molar-refractivity contribution in [2.75, 3.05) is 13.2 Å². The van der Waals surface area contributed by atoms with Gasteiger partial charge in [-0.3, -0.25) is 4.79 Å². The van der Waals surface area contributed by atoms with Crippen LogP contribution in [0.15, 0.2) is 6.20 Å². The van der Waals surface area contributed by atoms with Gasteiger partial charge < -0.3 is 15.0 Å². The molecule has 0 aliphatic carbocycles. The highest BCUT2D eigenvalue weighted by Gasteiger charge is 2.15. The number of hydrogen-bond acceptors (Lipinski definition) is 5. The lowest BCUT2D eigenvalue weighted by molar-refractivity contribution is -0.118. The summed E-state index contributed by atoms with van der Waals surface area (Å²) in [6.45, 7) is 2.43. The molecule has 0 saturated carbocycles. The second kappa shape index (κ2) is 6.90. The zero-order valence-corrected chi connectivity index (χ0v) is 10.8. The number of imidazole rings is 1. The van der Waals surface area contributed by atoms with E-state index >= 15 is 0 Å². The molecular weight excluding hydrogens is 234 g/mol. The normalized spacial score (nSPS) is 10.4. The molecule has 0 bridgehead atoms. The Morgan fingerprint density at radius 2 is 2.17 bits per heavy atom. The van der Waals surface area contributed by atoms with E-state index < -0.39 is 5.97 Å². The number of carbonyl (C=O) groups excluding carboxylic acids is 2. The average Bonchev–Trinajstić information content (AvgIpc) is 2.69. The predicted octanol–water partition coefficient (Wildman–Crippen LogP) is 0.447. The fourth-order valence-electron chi connectivity index (χ4n) is 1.59. The number of nitrogens with two attached hydrogens (primary N) is 1. The van der Waals surface area contributed by atoms with Crippen molar-refractivity contribution in [3.63, 3.8) is 0 Å². The Bertz CT molecular complexity index is 426. The maximum absolute atomic E-state index is 11.5. The Kier molecular flexibility index (Phi) is 5.51. The molecule has 1 aromatic rings. The second-order valence-corrected chi connectivity index (χ2v) is 3.96. The van der Waals surface area contributed by atoms with Crippen LogP contribution in [0.3, 0.4) is 0 Å². The molecule has 0 atom stereocenters. The molecule has 0 aliphatic rings. The van der Waals surface area contributed by atoms with Gasteiger partial charge in [0.1, 0.15) is 5.78 Å². The van der Waals surface area contributed by atoms with Crippen molar-refractivity contribution in [3.05, 3.63) is 17.7 Å². The number of hydrogen-bond donors (Lipinski definition) is 1. The van der Waals surface area contributed by atoms with E-state index in [9.17, 15) is 9.59 Å². The minimum absolute atomic E-state index is 0.112. The van der Waals surface area contributed by atoms with Gasteiger partial charge in [-0.1, -0.05) is 0 Å². The van der Waals surface area contributed by atoms with Gasteiger partial charge in [0, 0.05) is 26.1 Å². The second-order valence-electron chi connectivity index (χ2n) is 3.96. The number of aromatic nitrogens is 2. The molecule has 18 heavy (non-hydrogen) atoms. The van der Waals surface area contributed by atoms with E-state index in [1.165, 1.54) is 0 Å². The standard InChI is InChI=1S/C12H19N3O3/c1-3-18-12(17)11-14-9(8-15(11)2)4-5-10(16)6-7-13/h8H,3-7,13H2,1-2H3. The van der Waals surface area contributed by atoms with Gasteiger partial charge in [0.25, 0.3) is 0 Å². The molecule has 0 unspecified atom stereocenters. The molecule has 1 aromatic heterocycles. The molecule has 0 fully saturated rings. The predicted molar refractivity (Wildman–Crippen MR) is 66.2 cm³/mol. The van der Waals surface area contributed by atoms with Gasteiger partial charge in [0.2, 0.25) is 5.82 Å². The van der Waals surface area contributed by atoms with E-state index in [0.717, 1.165) is 0 Å². The Morgan fingerprint density at radius 1 is 1.44 bits per heavy atom. The van der Waals surface area contributed by atoms with Crippen LogP contribution in [-0.4, -0.2) is 34.5 Å². The lowest BCUT2D eigenvalue weighted by Gasteiger charge is -1.99. The third-order valence-electron chi connectivity index (χ3n) is 2.47. The zero-order valence-electron chi connectivity index (χ0n) is 10.8. The lowest BCUT2D eigenvalue weighted by Crippen LogP contribution is -2.11. The van der Waals surface area contributed by atoms with Gasteiger partial charge >= 0.3 is 5.97 Å². The Labute approximate surface area is 106 Å². The zero-order chi connectivity index (χ0) is 13.5. The van der Waals surface area contributed by atoms with Crippen LogP contribution in [0.5, 0.6) is 0 Å². The van der Waals surface area contributed by atoms with Crippen molar-refractivity contribution in [3.8, 4) is 0 Å². The molecule has 1 heterocycles. The van der Waals surface area contributed by atoms with Gasteiger partial charge in [0.15, 0.2) is 0 Å². The SMILES string of the molecule is CCOC(=O)c1nc(CCC(=O)CCN)cn1C. The van der Waals surface area contributed by atoms with E-state index in [1.807, 2.05) is 0 Å². The molecule has 0 saturated heterocycles. The summed E-state index contributed by atoms with van der Waals surface area (Å²) in [7, 11) is 1.73. The van der Waals surface area contributed by atoms with Crippen molar-refractivity contribution >= 4 is 11.8 Å². The van der Waals surface area contributed by atoms with Crippen LogP contribution in [0, 0.1) is 0 Å². The monoisotopic (exact) mass is 253 g/mol. The molecule has 0 spiro atoms. The average molecular weight is 253 g/mol. The molecule has 0 aliphatic heterocycles. The minimum atomic E-state index is -0.445. The van der Waals surface area contributed by atoms with Crippen LogP contribution in [0.2, 0.25) is 0 Å². The van der Waals surface area contributed by atoms with Crippen LogP contribution in [0.25, 0.3) is 0 Å². The smallest absolute Gasteiger partial charge is 0.374 e. The maximum Gasteiger partial charge on any atom is 0.374 e. The molecule has 6 heteroatoms. The number of rotatable bonds is 7. The summed E-state index contributed by atoms with van der Waals surface area (Å²) < 4.78 is 6.49. The van der Waals surface area contributed by atoms with Gasteiger partial charge in [-0.15, -0.1) is 0 Å². The van der Waals surface area contributed by atoms with Crippen LogP contribution in [0.4, 0.5) is 0 Å². The van der Waals surface area contributed by atoms with E-state index in [1.54, 1.807) is 24.7 Å². The van der Waals surface area contributed by atoms with Crippen LogP contribution >= 0.6 is 0 Å². The molecule has 1 rings (SSSR count). The summed E-state index contributed by atoms with van der Waals surface area (Å²) in [5.74, 6) is -0.0708. The number of nitrogens with zero attached hydrogens (tertiary/aromatic N) is 2. The van der Waals surface area contributed by atoms with Crippen molar-refractivity contribution in [2.45, 2.75) is 26.2 Å². The summed E-state index contributed by atoms with van der Waals surface area (Å²) in [5, 5.41) is 0. The molecule has 100 valence electrons. The number of esters is 1. The van der Waals surface area contributed by atoms with E-state index in [4.69, 9.17) is 10.5 Å². The van der Waals surface area contributed by atoms with E-state index in [0.29, 0.717) is 38.1 Å². The highest BCUT2D eigenvalue weighted by molar-refractivity contribution is 5.85. The summed E-state index contributed by atoms with van der Waals surface area (Å²) in [4.78, 5) is 27.0. The van der Waals surface area contributed by atoms with Crippen LogP contribution in [0.1, 0.15) is 36.1 Å².